The van der Waals surface area contributed by atoms with E-state index in [0.29, 0.717) is 0 Å². The van der Waals surface area contributed by atoms with Crippen LogP contribution in [0.3, 0.4) is 0 Å². The molecule has 0 aliphatic heterocycles. The number of thiophene rings is 1. The van der Waals surface area contributed by atoms with E-state index in [1.165, 1.54) is 10.4 Å². The number of rotatable bonds is 1. The lowest BCUT2D eigenvalue weighted by Gasteiger charge is -2.05. The molecule has 0 radical (unpaired) electrons. The fourth-order valence-corrected chi connectivity index (χ4v) is 2.36. The van der Waals surface area contributed by atoms with E-state index in [-0.39, 0.29) is 0 Å². The summed E-state index contributed by atoms with van der Waals surface area (Å²) in [6.07, 6.45) is 0. The maximum Gasteiger partial charge on any atom is 0.122 e. The first-order valence-corrected chi connectivity index (χ1v) is 6.00. The molecule has 0 spiro atoms. The van der Waals surface area contributed by atoms with Crippen molar-refractivity contribution < 1.29 is 0 Å². The average molecular weight is 236 g/mol. The summed E-state index contributed by atoms with van der Waals surface area (Å²) >= 11 is 6.88. The maximum atomic E-state index is 5.14. The molecule has 2 nitrogen and oxygen atoms in total. The van der Waals surface area contributed by atoms with Gasteiger partial charge >= 0.3 is 0 Å². The van der Waals surface area contributed by atoms with E-state index >= 15 is 0 Å². The second-order valence-corrected chi connectivity index (χ2v) is 5.12. The summed E-state index contributed by atoms with van der Waals surface area (Å²) in [5.41, 5.74) is 4.45. The van der Waals surface area contributed by atoms with Gasteiger partial charge in [-0.05, 0) is 38.0 Å². The Hall–Kier alpha value is -1.000. The average Bonchev–Trinajstić information content (AvgIpc) is 2.61. The molecule has 2 rings (SSSR count). The van der Waals surface area contributed by atoms with E-state index in [4.69, 9.17) is 12.2 Å². The minimum atomic E-state index is 0.725. The van der Waals surface area contributed by atoms with Crippen LogP contribution >= 0.6 is 23.6 Å². The highest BCUT2D eigenvalue weighted by Crippen LogP contribution is 2.26. The van der Waals surface area contributed by atoms with E-state index in [2.05, 4.69) is 35.5 Å². The summed E-state index contributed by atoms with van der Waals surface area (Å²) in [5.74, 6) is 0. The molecule has 0 aromatic carbocycles. The van der Waals surface area contributed by atoms with Crippen LogP contribution in [0, 0.1) is 25.4 Å². The summed E-state index contributed by atoms with van der Waals surface area (Å²) in [6, 6.07) is 2.15. The molecule has 0 aliphatic carbocycles. The Labute approximate surface area is 98.0 Å². The Bertz CT molecular complexity index is 552. The zero-order chi connectivity index (χ0) is 11.0. The first-order valence-electron chi connectivity index (χ1n) is 4.71. The molecule has 0 atom stereocenters. The molecular formula is C11H12N2S2. The molecule has 0 bridgehead atoms. The van der Waals surface area contributed by atoms with Crippen molar-refractivity contribution in [2.75, 3.05) is 0 Å². The van der Waals surface area contributed by atoms with Gasteiger partial charge in [0.1, 0.15) is 4.64 Å². The number of aryl methyl sites for hydroxylation is 1. The van der Waals surface area contributed by atoms with Gasteiger partial charge in [-0.2, -0.15) is 5.10 Å². The largest absolute Gasteiger partial charge is 0.267 e. The SMILES string of the molecule is Cc1cc(-c2n[nH]c(=S)c(C)c2C)cs1. The summed E-state index contributed by atoms with van der Waals surface area (Å²) < 4.78 is 0.725. The van der Waals surface area contributed by atoms with Gasteiger partial charge in [-0.3, -0.25) is 5.10 Å². The van der Waals surface area contributed by atoms with Crippen LogP contribution in [0.25, 0.3) is 11.3 Å². The molecule has 2 heterocycles. The van der Waals surface area contributed by atoms with Gasteiger partial charge < -0.3 is 0 Å². The van der Waals surface area contributed by atoms with Crippen LogP contribution in [0.15, 0.2) is 11.4 Å². The first kappa shape index (κ1) is 10.5. The zero-order valence-corrected chi connectivity index (χ0v) is 10.6. The van der Waals surface area contributed by atoms with Gasteiger partial charge in [-0.15, -0.1) is 11.3 Å². The Balaban J connectivity index is 2.64. The van der Waals surface area contributed by atoms with E-state index in [1.807, 2.05) is 6.92 Å². The van der Waals surface area contributed by atoms with Crippen molar-refractivity contribution in [1.82, 2.24) is 10.2 Å². The molecule has 0 saturated heterocycles. The molecule has 0 aliphatic rings. The van der Waals surface area contributed by atoms with E-state index in [9.17, 15) is 0 Å². The van der Waals surface area contributed by atoms with Crippen LogP contribution in [-0.4, -0.2) is 10.2 Å². The molecule has 0 unspecified atom stereocenters. The van der Waals surface area contributed by atoms with Crippen LogP contribution < -0.4 is 0 Å². The molecule has 4 heteroatoms. The van der Waals surface area contributed by atoms with Crippen molar-refractivity contribution in [3.63, 3.8) is 0 Å². The summed E-state index contributed by atoms with van der Waals surface area (Å²) in [6.45, 7) is 6.19. The highest BCUT2D eigenvalue weighted by Gasteiger charge is 2.08. The fourth-order valence-electron chi connectivity index (χ4n) is 1.47. The van der Waals surface area contributed by atoms with Crippen molar-refractivity contribution in [3.05, 3.63) is 32.1 Å². The first-order chi connectivity index (χ1) is 7.09. The van der Waals surface area contributed by atoms with Crippen LogP contribution in [0.2, 0.25) is 0 Å². The third kappa shape index (κ3) is 1.87. The molecule has 2 aromatic heterocycles. The van der Waals surface area contributed by atoms with Gasteiger partial charge in [0, 0.05) is 15.8 Å². The molecule has 15 heavy (non-hydrogen) atoms. The normalized spacial score (nSPS) is 10.6. The predicted molar refractivity (Wildman–Crippen MR) is 66.9 cm³/mol. The highest BCUT2D eigenvalue weighted by atomic mass is 32.1. The summed E-state index contributed by atoms with van der Waals surface area (Å²) in [4.78, 5) is 1.30. The molecule has 2 aromatic rings. The molecule has 0 saturated carbocycles. The van der Waals surface area contributed by atoms with Crippen LogP contribution in [0.4, 0.5) is 0 Å². The Morgan fingerprint density at radius 3 is 2.60 bits per heavy atom. The monoisotopic (exact) mass is 236 g/mol. The Kier molecular flexibility index (Phi) is 2.71. The van der Waals surface area contributed by atoms with E-state index in [0.717, 1.165) is 21.5 Å². The molecule has 78 valence electrons. The maximum absolute atomic E-state index is 5.14. The summed E-state index contributed by atoms with van der Waals surface area (Å²) in [5, 5.41) is 9.31. The molecule has 1 N–H and O–H groups in total. The predicted octanol–water partition coefficient (Wildman–Crippen LogP) is 3.79. The van der Waals surface area contributed by atoms with Crippen LogP contribution in [0.5, 0.6) is 0 Å². The molecular weight excluding hydrogens is 224 g/mol. The number of hydrogen-bond donors (Lipinski definition) is 1. The fraction of sp³-hybridized carbons (Fsp3) is 0.273. The van der Waals surface area contributed by atoms with Crippen molar-refractivity contribution in [3.8, 4) is 11.3 Å². The number of aromatic amines is 1. The van der Waals surface area contributed by atoms with Crippen molar-refractivity contribution in [2.24, 2.45) is 0 Å². The van der Waals surface area contributed by atoms with Gasteiger partial charge in [0.25, 0.3) is 0 Å². The highest BCUT2D eigenvalue weighted by molar-refractivity contribution is 7.71. The number of nitrogens with one attached hydrogen (secondary N) is 1. The minimum absolute atomic E-state index is 0.725. The van der Waals surface area contributed by atoms with Gasteiger partial charge in [0.15, 0.2) is 0 Å². The lowest BCUT2D eigenvalue weighted by molar-refractivity contribution is 0.987. The quantitative estimate of drug-likeness (QED) is 0.763. The molecule has 0 fully saturated rings. The number of nitrogens with zero attached hydrogens (tertiary/aromatic N) is 1. The smallest absolute Gasteiger partial charge is 0.122 e. The molecule has 0 amide bonds. The van der Waals surface area contributed by atoms with Crippen LogP contribution in [0.1, 0.15) is 16.0 Å². The Morgan fingerprint density at radius 2 is 2.00 bits per heavy atom. The van der Waals surface area contributed by atoms with Gasteiger partial charge in [-0.25, -0.2) is 0 Å². The third-order valence-electron chi connectivity index (χ3n) is 2.53. The van der Waals surface area contributed by atoms with E-state index < -0.39 is 0 Å². The lowest BCUT2D eigenvalue weighted by atomic mass is 10.1. The van der Waals surface area contributed by atoms with Gasteiger partial charge in [0.2, 0.25) is 0 Å². The second-order valence-electron chi connectivity index (χ2n) is 3.60. The second kappa shape index (κ2) is 3.87. The van der Waals surface area contributed by atoms with E-state index in [1.54, 1.807) is 11.3 Å². The third-order valence-corrected chi connectivity index (χ3v) is 3.79. The Morgan fingerprint density at radius 1 is 1.27 bits per heavy atom. The number of H-pyrrole nitrogens is 1. The minimum Gasteiger partial charge on any atom is -0.267 e. The standard InChI is InChI=1S/C11H12N2S2/c1-6-4-9(5-15-6)10-7(2)8(3)11(14)13-12-10/h4-5H,1-3H3,(H,13,14). The van der Waals surface area contributed by atoms with Crippen molar-refractivity contribution in [1.29, 1.82) is 0 Å². The number of aromatic nitrogens is 2. The zero-order valence-electron chi connectivity index (χ0n) is 8.92. The lowest BCUT2D eigenvalue weighted by Crippen LogP contribution is -1.95. The summed E-state index contributed by atoms with van der Waals surface area (Å²) in [7, 11) is 0. The van der Waals surface area contributed by atoms with Crippen molar-refractivity contribution >= 4 is 23.6 Å². The topological polar surface area (TPSA) is 28.7 Å². The van der Waals surface area contributed by atoms with Crippen molar-refractivity contribution in [2.45, 2.75) is 20.8 Å². The van der Waals surface area contributed by atoms with Crippen LogP contribution in [-0.2, 0) is 0 Å². The van der Waals surface area contributed by atoms with Gasteiger partial charge in [0.05, 0.1) is 5.69 Å². The number of hydrogen-bond acceptors (Lipinski definition) is 3. The van der Waals surface area contributed by atoms with Gasteiger partial charge in [-0.1, -0.05) is 12.2 Å².